The fraction of sp³-hybridized carbons (Fsp3) is 0.640. The Morgan fingerprint density at radius 1 is 1.19 bits per heavy atom. The Morgan fingerprint density at radius 2 is 1.87 bits per heavy atom. The number of hydrogen-bond acceptors (Lipinski definition) is 5. The van der Waals surface area contributed by atoms with Crippen molar-refractivity contribution >= 4 is 31.6 Å². The molecule has 31 heavy (non-hydrogen) atoms. The molecule has 2 heterocycles. The first-order valence-electron chi connectivity index (χ1n) is 11.4. The second-order valence-electron chi connectivity index (χ2n) is 10.4. The van der Waals surface area contributed by atoms with Gasteiger partial charge in [-0.25, -0.2) is 4.79 Å². The molecule has 2 atom stereocenters. The van der Waals surface area contributed by atoms with Crippen molar-refractivity contribution in [2.75, 3.05) is 32.3 Å². The molecule has 0 aromatic heterocycles. The fourth-order valence-electron chi connectivity index (χ4n) is 4.18. The number of esters is 1. The van der Waals surface area contributed by atoms with Crippen LogP contribution in [0.25, 0.3) is 5.57 Å². The first kappa shape index (κ1) is 24.6. The standard InChI is InChI=1S/C25H39NO3SSi/c1-25(2,3)31(6,7)29-14-8-9-18-10-12-19(13-11-18)21-15-20-16-30-17-22(26(20)4)23(21)24(27)28-5/h10-13,20,22H,8-9,14-17H2,1-7H3/t20?,22-/m1/s1. The predicted molar refractivity (Wildman–Crippen MR) is 134 cm³/mol. The second kappa shape index (κ2) is 9.82. The van der Waals surface area contributed by atoms with E-state index in [1.807, 2.05) is 11.8 Å². The molecule has 6 heteroatoms. The molecular weight excluding hydrogens is 422 g/mol. The quantitative estimate of drug-likeness (QED) is 0.309. The summed E-state index contributed by atoms with van der Waals surface area (Å²) in [6, 6.07) is 9.44. The minimum Gasteiger partial charge on any atom is -0.466 e. The molecular formula is C25H39NO3SSi. The highest BCUT2D eigenvalue weighted by atomic mass is 32.2. The lowest BCUT2D eigenvalue weighted by molar-refractivity contribution is -0.136. The molecule has 1 fully saturated rings. The molecule has 2 aliphatic rings. The Bertz CT molecular complexity index is 813. The molecule has 0 N–H and O–H groups in total. The number of rotatable bonds is 7. The van der Waals surface area contributed by atoms with Gasteiger partial charge in [0.1, 0.15) is 0 Å². The van der Waals surface area contributed by atoms with Gasteiger partial charge in [0.2, 0.25) is 0 Å². The molecule has 1 unspecified atom stereocenters. The highest BCUT2D eigenvalue weighted by Gasteiger charge is 2.40. The number of methoxy groups -OCH3 is 1. The van der Waals surface area contributed by atoms with Gasteiger partial charge in [0.15, 0.2) is 8.32 Å². The van der Waals surface area contributed by atoms with Crippen LogP contribution in [0.4, 0.5) is 0 Å². The lowest BCUT2D eigenvalue weighted by atomic mass is 9.85. The van der Waals surface area contributed by atoms with Crippen LogP contribution in [-0.2, 0) is 20.4 Å². The smallest absolute Gasteiger partial charge is 0.335 e. The third kappa shape index (κ3) is 5.46. The molecule has 3 rings (SSSR count). The summed E-state index contributed by atoms with van der Waals surface area (Å²) in [5.74, 6) is 1.89. The van der Waals surface area contributed by atoms with Crippen molar-refractivity contribution in [1.82, 2.24) is 4.90 Å². The van der Waals surface area contributed by atoms with E-state index in [1.54, 1.807) is 0 Å². The molecule has 2 bridgehead atoms. The Labute approximate surface area is 193 Å². The minimum atomic E-state index is -1.67. The monoisotopic (exact) mass is 461 g/mol. The molecule has 0 radical (unpaired) electrons. The number of nitrogens with zero attached hydrogens (tertiary/aromatic N) is 1. The van der Waals surface area contributed by atoms with Gasteiger partial charge in [-0.1, -0.05) is 45.0 Å². The summed E-state index contributed by atoms with van der Waals surface area (Å²) in [5.41, 5.74) is 4.51. The van der Waals surface area contributed by atoms with E-state index in [1.165, 1.54) is 18.2 Å². The summed E-state index contributed by atoms with van der Waals surface area (Å²) in [6.45, 7) is 12.3. The number of fused-ring (bicyclic) bond motifs is 2. The normalized spacial score (nSPS) is 22.5. The van der Waals surface area contributed by atoms with Crippen LogP contribution in [0.5, 0.6) is 0 Å². The first-order valence-corrected chi connectivity index (χ1v) is 15.5. The number of likely N-dealkylation sites (N-methyl/N-ethyl adjacent to an activating group) is 1. The van der Waals surface area contributed by atoms with Crippen LogP contribution in [0, 0.1) is 0 Å². The van der Waals surface area contributed by atoms with Crippen molar-refractivity contribution < 1.29 is 14.0 Å². The largest absolute Gasteiger partial charge is 0.466 e. The van der Waals surface area contributed by atoms with Crippen LogP contribution in [-0.4, -0.2) is 63.5 Å². The van der Waals surface area contributed by atoms with E-state index in [2.05, 4.69) is 70.1 Å². The van der Waals surface area contributed by atoms with Gasteiger partial charge in [0.25, 0.3) is 0 Å². The lowest BCUT2D eigenvalue weighted by Gasteiger charge is -2.45. The Kier molecular flexibility index (Phi) is 7.78. The molecule has 0 amide bonds. The van der Waals surface area contributed by atoms with Crippen LogP contribution in [0.2, 0.25) is 18.1 Å². The van der Waals surface area contributed by atoms with E-state index in [0.717, 1.165) is 48.5 Å². The van der Waals surface area contributed by atoms with Crippen molar-refractivity contribution in [3.8, 4) is 0 Å². The van der Waals surface area contributed by atoms with E-state index in [-0.39, 0.29) is 17.0 Å². The molecule has 172 valence electrons. The number of thioether (sulfide) groups is 1. The van der Waals surface area contributed by atoms with Crippen LogP contribution >= 0.6 is 11.8 Å². The topological polar surface area (TPSA) is 38.8 Å². The van der Waals surface area contributed by atoms with Gasteiger partial charge in [-0.05, 0) is 61.1 Å². The average molecular weight is 462 g/mol. The fourth-order valence-corrected chi connectivity index (χ4v) is 6.65. The molecule has 2 aliphatic heterocycles. The molecule has 0 aliphatic carbocycles. The van der Waals surface area contributed by atoms with Gasteiger partial charge < -0.3 is 9.16 Å². The number of benzene rings is 1. The second-order valence-corrected chi connectivity index (χ2v) is 16.3. The van der Waals surface area contributed by atoms with Gasteiger partial charge in [-0.15, -0.1) is 0 Å². The molecule has 1 aromatic carbocycles. The zero-order chi connectivity index (χ0) is 22.8. The summed E-state index contributed by atoms with van der Waals surface area (Å²) >= 11 is 1.94. The average Bonchev–Trinajstić information content (AvgIpc) is 2.70. The van der Waals surface area contributed by atoms with E-state index in [0.29, 0.717) is 6.04 Å². The van der Waals surface area contributed by atoms with Crippen molar-refractivity contribution in [2.24, 2.45) is 0 Å². The maximum Gasteiger partial charge on any atom is 0.335 e. The van der Waals surface area contributed by atoms with Gasteiger partial charge in [0.05, 0.1) is 18.7 Å². The summed E-state index contributed by atoms with van der Waals surface area (Å²) < 4.78 is 11.5. The predicted octanol–water partition coefficient (Wildman–Crippen LogP) is 5.39. The summed E-state index contributed by atoms with van der Waals surface area (Å²) in [7, 11) is 1.96. The van der Waals surface area contributed by atoms with Crippen LogP contribution in [0.1, 0.15) is 44.7 Å². The number of carbonyl (C=O) groups is 1. The summed E-state index contributed by atoms with van der Waals surface area (Å²) in [4.78, 5) is 15.0. The van der Waals surface area contributed by atoms with Crippen molar-refractivity contribution in [3.63, 3.8) is 0 Å². The Morgan fingerprint density at radius 3 is 2.48 bits per heavy atom. The van der Waals surface area contributed by atoms with Crippen LogP contribution < -0.4 is 0 Å². The molecule has 1 saturated heterocycles. The Balaban J connectivity index is 1.69. The highest BCUT2D eigenvalue weighted by molar-refractivity contribution is 7.99. The van der Waals surface area contributed by atoms with Crippen molar-refractivity contribution in [1.29, 1.82) is 0 Å². The van der Waals surface area contributed by atoms with E-state index < -0.39 is 8.32 Å². The molecule has 0 spiro atoms. The Hall–Kier alpha value is -1.08. The van der Waals surface area contributed by atoms with Crippen LogP contribution in [0.15, 0.2) is 29.8 Å². The summed E-state index contributed by atoms with van der Waals surface area (Å²) in [5, 5.41) is 0.255. The molecule has 1 aromatic rings. The molecule has 0 saturated carbocycles. The minimum absolute atomic E-state index is 0.145. The number of aryl methyl sites for hydroxylation is 1. The first-order chi connectivity index (χ1) is 14.5. The zero-order valence-electron chi connectivity index (χ0n) is 20.3. The van der Waals surface area contributed by atoms with Crippen molar-refractivity contribution in [3.05, 3.63) is 41.0 Å². The molecule has 4 nitrogen and oxygen atoms in total. The maximum atomic E-state index is 12.7. The third-order valence-electron chi connectivity index (χ3n) is 7.34. The number of hydrogen-bond donors (Lipinski definition) is 0. The SMILES string of the molecule is COC(=O)C1=C(c2ccc(CCCO[Si](C)(C)C(C)(C)C)cc2)CC2CSC[C@H]1N2C. The number of ether oxygens (including phenoxy) is 1. The van der Waals surface area contributed by atoms with Gasteiger partial charge in [0, 0.05) is 24.2 Å². The van der Waals surface area contributed by atoms with E-state index >= 15 is 0 Å². The number of carbonyl (C=O) groups excluding carboxylic acids is 1. The van der Waals surface area contributed by atoms with Crippen molar-refractivity contribution in [2.45, 2.75) is 70.2 Å². The van der Waals surface area contributed by atoms with E-state index in [9.17, 15) is 4.79 Å². The van der Waals surface area contributed by atoms with E-state index in [4.69, 9.17) is 9.16 Å². The van der Waals surface area contributed by atoms with Gasteiger partial charge in [-0.3, -0.25) is 4.90 Å². The third-order valence-corrected chi connectivity index (χ3v) is 13.0. The van der Waals surface area contributed by atoms with Crippen LogP contribution in [0.3, 0.4) is 0 Å². The lowest BCUT2D eigenvalue weighted by Crippen LogP contribution is -2.52. The van der Waals surface area contributed by atoms with Gasteiger partial charge in [-0.2, -0.15) is 11.8 Å². The maximum absolute atomic E-state index is 12.7. The summed E-state index contributed by atoms with van der Waals surface area (Å²) in [6.07, 6.45) is 2.96. The van der Waals surface area contributed by atoms with Gasteiger partial charge >= 0.3 is 5.97 Å². The zero-order valence-corrected chi connectivity index (χ0v) is 22.1. The highest BCUT2D eigenvalue weighted by Crippen LogP contribution is 2.40.